The van der Waals surface area contributed by atoms with Gasteiger partial charge in [-0.05, 0) is 24.6 Å². The summed E-state index contributed by atoms with van der Waals surface area (Å²) in [7, 11) is -3.39. The van der Waals surface area contributed by atoms with Gasteiger partial charge in [0.05, 0.1) is 25.4 Å². The van der Waals surface area contributed by atoms with Crippen LogP contribution in [-0.2, 0) is 26.0 Å². The van der Waals surface area contributed by atoms with E-state index in [-0.39, 0.29) is 30.7 Å². The standard InChI is InChI=1S/C15H21ClN2O4S/c1-12-11-22-8-7-18(12)23(20,21)9-6-17-15(19)10-13-2-4-14(16)5-3-13/h2-5,12H,6-11H2,1H3,(H,17,19). The van der Waals surface area contributed by atoms with Crippen LogP contribution < -0.4 is 5.32 Å². The van der Waals surface area contributed by atoms with Crippen molar-refractivity contribution in [1.29, 1.82) is 0 Å². The summed E-state index contributed by atoms with van der Waals surface area (Å²) in [5.74, 6) is -0.318. The van der Waals surface area contributed by atoms with Gasteiger partial charge in [0.2, 0.25) is 15.9 Å². The molecule has 1 aliphatic heterocycles. The Labute approximate surface area is 141 Å². The minimum absolute atomic E-state index is 0.0961. The molecule has 0 bridgehead atoms. The molecule has 1 amide bonds. The first-order valence-electron chi connectivity index (χ1n) is 7.47. The number of halogens is 1. The molecule has 0 aliphatic carbocycles. The zero-order valence-electron chi connectivity index (χ0n) is 13.0. The lowest BCUT2D eigenvalue weighted by molar-refractivity contribution is -0.120. The summed E-state index contributed by atoms with van der Waals surface area (Å²) in [5.41, 5.74) is 0.830. The van der Waals surface area contributed by atoms with Crippen molar-refractivity contribution in [3.05, 3.63) is 34.9 Å². The molecule has 1 heterocycles. The molecule has 1 atom stereocenters. The number of ether oxygens (including phenoxy) is 1. The van der Waals surface area contributed by atoms with E-state index in [0.717, 1.165) is 5.56 Å². The fourth-order valence-electron chi connectivity index (χ4n) is 2.41. The van der Waals surface area contributed by atoms with Crippen molar-refractivity contribution in [2.45, 2.75) is 19.4 Å². The van der Waals surface area contributed by atoms with Crippen molar-refractivity contribution in [1.82, 2.24) is 9.62 Å². The van der Waals surface area contributed by atoms with Crippen molar-refractivity contribution in [2.24, 2.45) is 0 Å². The summed E-state index contributed by atoms with van der Waals surface area (Å²) in [5, 5.41) is 3.26. The van der Waals surface area contributed by atoms with Crippen molar-refractivity contribution in [3.63, 3.8) is 0 Å². The summed E-state index contributed by atoms with van der Waals surface area (Å²) in [6.07, 6.45) is 0.200. The number of hydrogen-bond acceptors (Lipinski definition) is 4. The summed E-state index contributed by atoms with van der Waals surface area (Å²) in [4.78, 5) is 11.9. The van der Waals surface area contributed by atoms with Crippen LogP contribution >= 0.6 is 11.6 Å². The molecule has 0 spiro atoms. The maximum absolute atomic E-state index is 12.3. The van der Waals surface area contributed by atoms with Gasteiger partial charge in [0.1, 0.15) is 0 Å². The van der Waals surface area contributed by atoms with Crippen molar-refractivity contribution < 1.29 is 17.9 Å². The molecule has 23 heavy (non-hydrogen) atoms. The first-order valence-corrected chi connectivity index (χ1v) is 9.45. The minimum atomic E-state index is -3.39. The lowest BCUT2D eigenvalue weighted by Crippen LogP contribution is -2.49. The Morgan fingerprint density at radius 1 is 1.39 bits per heavy atom. The molecule has 1 aromatic rings. The first kappa shape index (κ1) is 18.2. The van der Waals surface area contributed by atoms with Gasteiger partial charge in [-0.15, -0.1) is 0 Å². The second-order valence-corrected chi connectivity index (χ2v) is 7.98. The number of sulfonamides is 1. The molecular weight excluding hydrogens is 340 g/mol. The number of carbonyl (C=O) groups excluding carboxylic acids is 1. The van der Waals surface area contributed by atoms with E-state index in [0.29, 0.717) is 24.8 Å². The molecule has 1 unspecified atom stereocenters. The molecule has 6 nitrogen and oxygen atoms in total. The maximum atomic E-state index is 12.3. The van der Waals surface area contributed by atoms with E-state index in [2.05, 4.69) is 5.32 Å². The molecule has 0 radical (unpaired) electrons. The summed E-state index contributed by atoms with van der Waals surface area (Å²) in [6, 6.07) is 6.81. The third kappa shape index (κ3) is 5.46. The highest BCUT2D eigenvalue weighted by Crippen LogP contribution is 2.12. The van der Waals surface area contributed by atoms with Gasteiger partial charge in [-0.1, -0.05) is 23.7 Å². The van der Waals surface area contributed by atoms with Crippen LogP contribution in [0.25, 0.3) is 0 Å². The Hall–Kier alpha value is -1.15. The average Bonchev–Trinajstić information content (AvgIpc) is 2.49. The molecule has 8 heteroatoms. The number of nitrogens with zero attached hydrogens (tertiary/aromatic N) is 1. The quantitative estimate of drug-likeness (QED) is 0.822. The van der Waals surface area contributed by atoms with Crippen molar-refractivity contribution in [2.75, 3.05) is 32.1 Å². The van der Waals surface area contributed by atoms with E-state index in [4.69, 9.17) is 16.3 Å². The van der Waals surface area contributed by atoms with E-state index in [9.17, 15) is 13.2 Å². The number of nitrogens with one attached hydrogen (secondary N) is 1. The van der Waals surface area contributed by atoms with Gasteiger partial charge < -0.3 is 10.1 Å². The molecule has 128 valence electrons. The first-order chi connectivity index (χ1) is 10.9. The molecular formula is C15H21ClN2O4S. The van der Waals surface area contributed by atoms with Gasteiger partial charge >= 0.3 is 0 Å². The summed E-state index contributed by atoms with van der Waals surface area (Å²) < 4.78 is 31.2. The van der Waals surface area contributed by atoms with Gasteiger partial charge in [0.15, 0.2) is 0 Å². The predicted molar refractivity (Wildman–Crippen MR) is 88.9 cm³/mol. The predicted octanol–water partition coefficient (Wildman–Crippen LogP) is 1.05. The molecule has 0 saturated carbocycles. The summed E-state index contributed by atoms with van der Waals surface area (Å²) >= 11 is 5.79. The van der Waals surface area contributed by atoms with Crippen LogP contribution in [0.2, 0.25) is 5.02 Å². The zero-order chi connectivity index (χ0) is 16.9. The topological polar surface area (TPSA) is 75.7 Å². The van der Waals surface area contributed by atoms with Crippen LogP contribution in [0.3, 0.4) is 0 Å². The van der Waals surface area contributed by atoms with E-state index >= 15 is 0 Å². The van der Waals surface area contributed by atoms with Gasteiger partial charge in [-0.3, -0.25) is 4.79 Å². The Morgan fingerprint density at radius 2 is 2.09 bits per heavy atom. The van der Waals surface area contributed by atoms with E-state index in [1.165, 1.54) is 4.31 Å². The highest BCUT2D eigenvalue weighted by Gasteiger charge is 2.29. The number of carbonyl (C=O) groups is 1. The van der Waals surface area contributed by atoms with Crippen LogP contribution in [0, 0.1) is 0 Å². The maximum Gasteiger partial charge on any atom is 0.224 e. The second kappa shape index (κ2) is 8.10. The number of hydrogen-bond donors (Lipinski definition) is 1. The highest BCUT2D eigenvalue weighted by atomic mass is 35.5. The van der Waals surface area contributed by atoms with Crippen LogP contribution in [-0.4, -0.2) is 56.7 Å². The van der Waals surface area contributed by atoms with Crippen LogP contribution in [0.5, 0.6) is 0 Å². The summed E-state index contributed by atoms with van der Waals surface area (Å²) in [6.45, 7) is 3.09. The van der Waals surface area contributed by atoms with E-state index in [1.807, 2.05) is 6.92 Å². The van der Waals surface area contributed by atoms with Gasteiger partial charge in [-0.2, -0.15) is 4.31 Å². The third-order valence-electron chi connectivity index (χ3n) is 3.62. The number of morpholine rings is 1. The highest BCUT2D eigenvalue weighted by molar-refractivity contribution is 7.89. The monoisotopic (exact) mass is 360 g/mol. The van der Waals surface area contributed by atoms with E-state index < -0.39 is 10.0 Å². The molecule has 1 saturated heterocycles. The van der Waals surface area contributed by atoms with Crippen LogP contribution in [0.15, 0.2) is 24.3 Å². The molecule has 2 rings (SSSR count). The Morgan fingerprint density at radius 3 is 2.74 bits per heavy atom. The molecule has 1 N–H and O–H groups in total. The zero-order valence-corrected chi connectivity index (χ0v) is 14.6. The van der Waals surface area contributed by atoms with Crippen molar-refractivity contribution in [3.8, 4) is 0 Å². The Kier molecular flexibility index (Phi) is 6.41. The third-order valence-corrected chi connectivity index (χ3v) is 5.85. The molecule has 1 aromatic carbocycles. The number of amides is 1. The van der Waals surface area contributed by atoms with Crippen molar-refractivity contribution >= 4 is 27.5 Å². The lowest BCUT2D eigenvalue weighted by atomic mass is 10.1. The second-order valence-electron chi connectivity index (χ2n) is 5.50. The molecule has 1 aliphatic rings. The molecule has 0 aromatic heterocycles. The lowest BCUT2D eigenvalue weighted by Gasteiger charge is -2.32. The van der Waals surface area contributed by atoms with Gasteiger partial charge in [0, 0.05) is 24.2 Å². The Bertz CT molecular complexity index is 633. The number of benzene rings is 1. The normalized spacial score (nSPS) is 19.5. The average molecular weight is 361 g/mol. The minimum Gasteiger partial charge on any atom is -0.378 e. The fraction of sp³-hybridized carbons (Fsp3) is 0.533. The van der Waals surface area contributed by atoms with Gasteiger partial charge in [-0.25, -0.2) is 8.42 Å². The largest absolute Gasteiger partial charge is 0.378 e. The smallest absolute Gasteiger partial charge is 0.224 e. The van der Waals surface area contributed by atoms with Crippen LogP contribution in [0.4, 0.5) is 0 Å². The van der Waals surface area contributed by atoms with E-state index in [1.54, 1.807) is 24.3 Å². The SMILES string of the molecule is CC1COCCN1S(=O)(=O)CCNC(=O)Cc1ccc(Cl)cc1. The number of rotatable bonds is 6. The van der Waals surface area contributed by atoms with Gasteiger partial charge in [0.25, 0.3) is 0 Å². The fourth-order valence-corrected chi connectivity index (χ4v) is 4.09. The van der Waals surface area contributed by atoms with Crippen LogP contribution in [0.1, 0.15) is 12.5 Å². The Balaban J connectivity index is 1.79. The molecule has 1 fully saturated rings.